The van der Waals surface area contributed by atoms with Crippen LogP contribution in [0.3, 0.4) is 0 Å². The first-order valence-electron chi connectivity index (χ1n) is 5.39. The van der Waals surface area contributed by atoms with E-state index in [4.69, 9.17) is 5.73 Å². The van der Waals surface area contributed by atoms with Crippen molar-refractivity contribution in [3.8, 4) is 0 Å². The number of rotatable bonds is 4. The molecule has 0 aromatic carbocycles. The Morgan fingerprint density at radius 3 is 2.38 bits per heavy atom. The molecule has 13 heavy (non-hydrogen) atoms. The first kappa shape index (κ1) is 9.44. The molecule has 0 bridgehead atoms. The second-order valence-corrected chi connectivity index (χ2v) is 4.57. The van der Waals surface area contributed by atoms with Gasteiger partial charge < -0.3 is 15.7 Å². The molecular formula is C10H20N2O. The lowest BCUT2D eigenvalue weighted by Crippen LogP contribution is -2.49. The van der Waals surface area contributed by atoms with E-state index >= 15 is 0 Å². The zero-order valence-corrected chi connectivity index (χ0v) is 8.21. The molecule has 1 saturated heterocycles. The van der Waals surface area contributed by atoms with Crippen molar-refractivity contribution < 1.29 is 5.11 Å². The Morgan fingerprint density at radius 1 is 1.31 bits per heavy atom. The lowest BCUT2D eigenvalue weighted by atomic mass is 9.97. The molecule has 1 saturated carbocycles. The second kappa shape index (κ2) is 3.56. The van der Waals surface area contributed by atoms with Gasteiger partial charge in [0, 0.05) is 13.1 Å². The van der Waals surface area contributed by atoms with Crippen LogP contribution in [-0.2, 0) is 0 Å². The summed E-state index contributed by atoms with van der Waals surface area (Å²) in [6, 6.07) is 0. The third-order valence-corrected chi connectivity index (χ3v) is 3.39. The van der Waals surface area contributed by atoms with E-state index in [1.54, 1.807) is 0 Å². The molecule has 3 heteroatoms. The molecule has 76 valence electrons. The highest BCUT2D eigenvalue weighted by Gasteiger charge is 2.43. The van der Waals surface area contributed by atoms with Crippen molar-refractivity contribution in [3.63, 3.8) is 0 Å². The van der Waals surface area contributed by atoms with Crippen molar-refractivity contribution in [3.05, 3.63) is 0 Å². The van der Waals surface area contributed by atoms with E-state index in [0.29, 0.717) is 12.5 Å². The predicted octanol–water partition coefficient (Wildman–Crippen LogP) is 0.182. The average molecular weight is 184 g/mol. The monoisotopic (exact) mass is 184 g/mol. The van der Waals surface area contributed by atoms with Crippen LogP contribution in [0.5, 0.6) is 0 Å². The van der Waals surface area contributed by atoms with Gasteiger partial charge in [-0.1, -0.05) is 0 Å². The molecule has 0 aromatic rings. The highest BCUT2D eigenvalue weighted by Crippen LogP contribution is 2.39. The van der Waals surface area contributed by atoms with E-state index in [1.807, 2.05) is 0 Å². The first-order chi connectivity index (χ1) is 6.24. The Morgan fingerprint density at radius 2 is 1.92 bits per heavy atom. The second-order valence-electron chi connectivity index (χ2n) is 4.57. The van der Waals surface area contributed by atoms with Gasteiger partial charge in [-0.25, -0.2) is 0 Å². The maximum Gasteiger partial charge on any atom is 0.0923 e. The summed E-state index contributed by atoms with van der Waals surface area (Å²) in [6.07, 6.45) is 4.90. The molecule has 0 spiro atoms. The molecular weight excluding hydrogens is 164 g/mol. The molecule has 1 aliphatic heterocycles. The molecule has 1 atom stereocenters. The molecule has 0 amide bonds. The van der Waals surface area contributed by atoms with Gasteiger partial charge in [-0.2, -0.15) is 0 Å². The Balaban J connectivity index is 1.88. The fourth-order valence-electron chi connectivity index (χ4n) is 2.31. The van der Waals surface area contributed by atoms with Gasteiger partial charge in [-0.3, -0.25) is 0 Å². The fraction of sp³-hybridized carbons (Fsp3) is 1.00. The molecule has 0 radical (unpaired) electrons. The van der Waals surface area contributed by atoms with Gasteiger partial charge in [0.1, 0.15) is 0 Å². The van der Waals surface area contributed by atoms with E-state index in [-0.39, 0.29) is 0 Å². The van der Waals surface area contributed by atoms with Crippen molar-refractivity contribution in [2.75, 3.05) is 26.2 Å². The summed E-state index contributed by atoms with van der Waals surface area (Å²) in [5.41, 5.74) is 5.07. The summed E-state index contributed by atoms with van der Waals surface area (Å²) in [4.78, 5) is 2.35. The van der Waals surface area contributed by atoms with Gasteiger partial charge >= 0.3 is 0 Å². The summed E-state index contributed by atoms with van der Waals surface area (Å²) in [7, 11) is 0. The summed E-state index contributed by atoms with van der Waals surface area (Å²) in [5.74, 6) is 0.484. The average Bonchev–Trinajstić information content (AvgIpc) is 2.88. The van der Waals surface area contributed by atoms with Gasteiger partial charge in [-0.15, -0.1) is 0 Å². The molecule has 1 unspecified atom stereocenters. The Hall–Kier alpha value is -0.120. The van der Waals surface area contributed by atoms with Crippen molar-refractivity contribution >= 4 is 0 Å². The minimum atomic E-state index is -0.579. The van der Waals surface area contributed by atoms with E-state index in [9.17, 15) is 5.11 Å². The number of aliphatic hydroxyl groups is 1. The minimum absolute atomic E-state index is 0.425. The summed E-state index contributed by atoms with van der Waals surface area (Å²) >= 11 is 0. The van der Waals surface area contributed by atoms with Crippen molar-refractivity contribution in [2.45, 2.75) is 31.3 Å². The van der Waals surface area contributed by atoms with Crippen molar-refractivity contribution in [2.24, 2.45) is 11.7 Å². The van der Waals surface area contributed by atoms with E-state index in [1.165, 1.54) is 25.7 Å². The number of nitrogens with two attached hydrogens (primary N) is 1. The normalized spacial score (nSPS) is 29.1. The third-order valence-electron chi connectivity index (χ3n) is 3.39. The van der Waals surface area contributed by atoms with Gasteiger partial charge in [0.05, 0.1) is 5.60 Å². The van der Waals surface area contributed by atoms with Gasteiger partial charge in [-0.05, 0) is 44.7 Å². The molecule has 1 aliphatic carbocycles. The number of nitrogens with zero attached hydrogens (tertiary/aromatic N) is 1. The molecule has 3 nitrogen and oxygen atoms in total. The minimum Gasteiger partial charge on any atom is -0.387 e. The maximum atomic E-state index is 10.3. The Bertz CT molecular complexity index is 176. The van der Waals surface area contributed by atoms with Crippen LogP contribution in [0, 0.1) is 5.92 Å². The van der Waals surface area contributed by atoms with Crippen LogP contribution in [0.25, 0.3) is 0 Å². The summed E-state index contributed by atoms with van der Waals surface area (Å²) < 4.78 is 0. The van der Waals surface area contributed by atoms with Crippen LogP contribution in [0.1, 0.15) is 25.7 Å². The lowest BCUT2D eigenvalue weighted by Gasteiger charge is -2.31. The maximum absolute atomic E-state index is 10.3. The Kier molecular flexibility index (Phi) is 2.58. The van der Waals surface area contributed by atoms with Crippen molar-refractivity contribution in [1.29, 1.82) is 0 Å². The van der Waals surface area contributed by atoms with Gasteiger partial charge in [0.2, 0.25) is 0 Å². The van der Waals surface area contributed by atoms with Crippen LogP contribution in [0.15, 0.2) is 0 Å². The molecule has 2 aliphatic rings. The van der Waals surface area contributed by atoms with Crippen LogP contribution in [-0.4, -0.2) is 41.8 Å². The smallest absolute Gasteiger partial charge is 0.0923 e. The van der Waals surface area contributed by atoms with Crippen LogP contribution < -0.4 is 5.73 Å². The zero-order valence-electron chi connectivity index (χ0n) is 8.21. The van der Waals surface area contributed by atoms with E-state index in [2.05, 4.69) is 4.90 Å². The molecule has 3 N–H and O–H groups in total. The predicted molar refractivity (Wildman–Crippen MR) is 52.4 cm³/mol. The number of hydrogen-bond donors (Lipinski definition) is 2. The Labute approximate surface area is 79.9 Å². The number of hydrogen-bond acceptors (Lipinski definition) is 3. The molecule has 2 rings (SSSR count). The topological polar surface area (TPSA) is 49.5 Å². The van der Waals surface area contributed by atoms with Crippen LogP contribution in [0.4, 0.5) is 0 Å². The lowest BCUT2D eigenvalue weighted by molar-refractivity contribution is -0.00265. The van der Waals surface area contributed by atoms with E-state index < -0.39 is 5.60 Å². The molecule has 1 heterocycles. The van der Waals surface area contributed by atoms with Crippen LogP contribution in [0.2, 0.25) is 0 Å². The van der Waals surface area contributed by atoms with Gasteiger partial charge in [0.25, 0.3) is 0 Å². The quantitative estimate of drug-likeness (QED) is 0.655. The highest BCUT2D eigenvalue weighted by atomic mass is 16.3. The van der Waals surface area contributed by atoms with Crippen LogP contribution >= 0.6 is 0 Å². The van der Waals surface area contributed by atoms with E-state index in [0.717, 1.165) is 19.6 Å². The largest absolute Gasteiger partial charge is 0.387 e. The third kappa shape index (κ3) is 2.03. The van der Waals surface area contributed by atoms with Crippen molar-refractivity contribution in [1.82, 2.24) is 4.90 Å². The SMILES string of the molecule is NCC(O)(CN1CCCC1)C1CC1. The summed E-state index contributed by atoms with van der Waals surface area (Å²) in [5, 5.41) is 10.3. The first-order valence-corrected chi connectivity index (χ1v) is 5.39. The molecule has 2 fully saturated rings. The molecule has 0 aromatic heterocycles. The number of likely N-dealkylation sites (tertiary alicyclic amines) is 1. The summed E-state index contributed by atoms with van der Waals surface area (Å²) in [6.45, 7) is 3.52. The van der Waals surface area contributed by atoms with Gasteiger partial charge in [0.15, 0.2) is 0 Å². The highest BCUT2D eigenvalue weighted by molar-refractivity contribution is 4.97. The number of β-amino-alcohol motifs (C(OH)–C–C–N with tert-alkyl or cyclic N) is 1. The fourth-order valence-corrected chi connectivity index (χ4v) is 2.31. The standard InChI is InChI=1S/C10H20N2O/c11-7-10(13,9-3-4-9)8-12-5-1-2-6-12/h9,13H,1-8,11H2. The zero-order chi connectivity index (χ0) is 9.31.